The Balaban J connectivity index is 2.37. The molecule has 0 aliphatic carbocycles. The third-order valence-corrected chi connectivity index (χ3v) is 5.76. The third kappa shape index (κ3) is 3.28. The van der Waals surface area contributed by atoms with Crippen molar-refractivity contribution in [3.05, 3.63) is 77.9 Å². The molecule has 6 nitrogen and oxygen atoms in total. The van der Waals surface area contributed by atoms with Crippen LogP contribution in [0, 0.1) is 17.1 Å². The van der Waals surface area contributed by atoms with Crippen molar-refractivity contribution >= 4 is 26.7 Å². The predicted octanol–water partition coefficient (Wildman–Crippen LogP) is 3.17. The molecule has 0 saturated heterocycles. The van der Waals surface area contributed by atoms with E-state index < -0.39 is 21.6 Å². The fourth-order valence-electron chi connectivity index (χ4n) is 2.82. The molecule has 28 heavy (non-hydrogen) atoms. The van der Waals surface area contributed by atoms with Crippen molar-refractivity contribution < 1.29 is 17.6 Å². The minimum atomic E-state index is -4.21. The number of allylic oxidation sites excluding steroid dienone is 1. The highest BCUT2D eigenvalue weighted by Crippen LogP contribution is 2.29. The van der Waals surface area contributed by atoms with Crippen LogP contribution < -0.4 is 0 Å². The number of benzene rings is 2. The smallest absolute Gasteiger partial charge is 0.268 e. The number of hydrogen-bond acceptors (Lipinski definition) is 5. The quantitative estimate of drug-likeness (QED) is 0.375. The van der Waals surface area contributed by atoms with Crippen molar-refractivity contribution in [3.8, 4) is 6.07 Å². The molecule has 0 saturated carbocycles. The normalized spacial score (nSPS) is 12.0. The maximum absolute atomic E-state index is 14.3. The van der Waals surface area contributed by atoms with Crippen molar-refractivity contribution in [1.29, 1.82) is 5.26 Å². The zero-order chi connectivity index (χ0) is 20.5. The van der Waals surface area contributed by atoms with Crippen LogP contribution in [0.3, 0.4) is 0 Å². The van der Waals surface area contributed by atoms with Gasteiger partial charge in [0.15, 0.2) is 0 Å². The molecule has 3 rings (SSSR count). The average Bonchev–Trinajstić information content (AvgIpc) is 3.08. The van der Waals surface area contributed by atoms with Crippen LogP contribution >= 0.6 is 0 Å². The van der Waals surface area contributed by atoms with Gasteiger partial charge in [-0.3, -0.25) is 4.79 Å². The molecular formula is C20H16FN3O3S. The zero-order valence-electron chi connectivity index (χ0n) is 15.1. The Bertz CT molecular complexity index is 1240. The first-order chi connectivity index (χ1) is 13.3. The number of hydrogen-bond donors (Lipinski definition) is 0. The monoisotopic (exact) mass is 397 g/mol. The summed E-state index contributed by atoms with van der Waals surface area (Å²) in [5, 5.41) is 9.33. The Morgan fingerprint density at radius 3 is 2.43 bits per heavy atom. The van der Waals surface area contributed by atoms with E-state index >= 15 is 0 Å². The van der Waals surface area contributed by atoms with Crippen molar-refractivity contribution in [2.24, 2.45) is 0 Å². The van der Waals surface area contributed by atoms with Gasteiger partial charge in [0.2, 0.25) is 5.78 Å². The van der Waals surface area contributed by atoms with Crippen LogP contribution in [0.15, 0.2) is 71.3 Å². The maximum Gasteiger partial charge on any atom is 0.268 e. The van der Waals surface area contributed by atoms with Crippen molar-refractivity contribution in [2.75, 3.05) is 14.1 Å². The van der Waals surface area contributed by atoms with Gasteiger partial charge >= 0.3 is 0 Å². The van der Waals surface area contributed by atoms with Crippen LogP contribution in [0.5, 0.6) is 0 Å². The van der Waals surface area contributed by atoms with Gasteiger partial charge in [0.1, 0.15) is 23.2 Å². The summed E-state index contributed by atoms with van der Waals surface area (Å²) in [4.78, 5) is 14.4. The molecule has 142 valence electrons. The minimum Gasteiger partial charge on any atom is -0.382 e. The fraction of sp³-hybridized carbons (Fsp3) is 0.100. The minimum absolute atomic E-state index is 0.0208. The molecule has 0 aliphatic heterocycles. The molecular weight excluding hydrogens is 381 g/mol. The highest BCUT2D eigenvalue weighted by Gasteiger charge is 2.28. The first-order valence-corrected chi connectivity index (χ1v) is 9.65. The third-order valence-electron chi connectivity index (χ3n) is 4.01. The summed E-state index contributed by atoms with van der Waals surface area (Å²) in [6.45, 7) is 0. The molecule has 0 atom stereocenters. The molecule has 0 aliphatic rings. The predicted molar refractivity (Wildman–Crippen MR) is 103 cm³/mol. The second-order valence-electron chi connectivity index (χ2n) is 6.23. The lowest BCUT2D eigenvalue weighted by atomic mass is 10.1. The van der Waals surface area contributed by atoms with Gasteiger partial charge in [0, 0.05) is 25.7 Å². The van der Waals surface area contributed by atoms with E-state index in [0.717, 1.165) is 10.0 Å². The number of carbonyl (C=O) groups is 1. The molecule has 0 radical (unpaired) electrons. The van der Waals surface area contributed by atoms with Gasteiger partial charge in [0.25, 0.3) is 10.0 Å². The first kappa shape index (κ1) is 19.3. The molecule has 1 heterocycles. The number of halogens is 1. The van der Waals surface area contributed by atoms with Crippen LogP contribution in [0.1, 0.15) is 10.5 Å². The summed E-state index contributed by atoms with van der Waals surface area (Å²) in [5.41, 5.74) is -0.550. The molecule has 0 fully saturated rings. The van der Waals surface area contributed by atoms with E-state index in [1.54, 1.807) is 38.4 Å². The molecule has 0 amide bonds. The molecule has 2 aromatic carbocycles. The highest BCUT2D eigenvalue weighted by atomic mass is 32.2. The lowest BCUT2D eigenvalue weighted by Crippen LogP contribution is -2.20. The standard InChI is InChI=1S/C20H16FN3O3S/c1-23(2)13-14(12-22)20(25)19-11-16-17(21)9-6-10-18(16)24(19)28(26,27)15-7-4-3-5-8-15/h3-11,13H,1-2H3. The molecule has 1 aromatic heterocycles. The van der Waals surface area contributed by atoms with Crippen molar-refractivity contribution in [2.45, 2.75) is 4.90 Å². The van der Waals surface area contributed by atoms with Gasteiger partial charge in [-0.25, -0.2) is 16.8 Å². The van der Waals surface area contributed by atoms with Crippen LogP contribution in [-0.2, 0) is 10.0 Å². The summed E-state index contributed by atoms with van der Waals surface area (Å²) in [5.74, 6) is -1.48. The van der Waals surface area contributed by atoms with E-state index in [1.807, 2.05) is 0 Å². The summed E-state index contributed by atoms with van der Waals surface area (Å²) >= 11 is 0. The Morgan fingerprint density at radius 1 is 1.14 bits per heavy atom. The molecule has 0 N–H and O–H groups in total. The summed E-state index contributed by atoms with van der Waals surface area (Å²) in [6, 6.07) is 14.4. The maximum atomic E-state index is 14.3. The van der Waals surface area contributed by atoms with Crippen molar-refractivity contribution in [1.82, 2.24) is 8.87 Å². The number of rotatable bonds is 5. The van der Waals surface area contributed by atoms with E-state index in [0.29, 0.717) is 0 Å². The lowest BCUT2D eigenvalue weighted by Gasteiger charge is -2.12. The first-order valence-electron chi connectivity index (χ1n) is 8.21. The van der Waals surface area contributed by atoms with Gasteiger partial charge < -0.3 is 4.90 Å². The second kappa shape index (κ2) is 7.29. The molecule has 0 spiro atoms. The Labute approximate surface area is 161 Å². The van der Waals surface area contributed by atoms with Crippen LogP contribution in [0.4, 0.5) is 4.39 Å². The lowest BCUT2D eigenvalue weighted by molar-refractivity contribution is 0.103. The summed E-state index contributed by atoms with van der Waals surface area (Å²) in [7, 11) is -0.955. The number of ketones is 1. The summed E-state index contributed by atoms with van der Waals surface area (Å²) < 4.78 is 41.6. The van der Waals surface area contributed by atoms with Crippen molar-refractivity contribution in [3.63, 3.8) is 0 Å². The number of fused-ring (bicyclic) bond motifs is 1. The second-order valence-corrected chi connectivity index (χ2v) is 8.02. The van der Waals surface area contributed by atoms with Gasteiger partial charge in [0.05, 0.1) is 10.4 Å². The summed E-state index contributed by atoms with van der Waals surface area (Å²) in [6.07, 6.45) is 1.29. The zero-order valence-corrected chi connectivity index (χ0v) is 15.9. The Hall–Kier alpha value is -3.44. The fourth-order valence-corrected chi connectivity index (χ4v) is 4.34. The molecule has 3 aromatic rings. The average molecular weight is 397 g/mol. The number of carbonyl (C=O) groups excluding carboxylic acids is 1. The van der Waals surface area contributed by atoms with Gasteiger partial charge in [-0.05, 0) is 30.3 Å². The van der Waals surface area contributed by atoms with E-state index in [-0.39, 0.29) is 27.1 Å². The van der Waals surface area contributed by atoms with Gasteiger partial charge in [-0.15, -0.1) is 0 Å². The molecule has 8 heteroatoms. The van der Waals surface area contributed by atoms with Gasteiger partial charge in [-0.1, -0.05) is 24.3 Å². The van der Waals surface area contributed by atoms with E-state index in [4.69, 9.17) is 0 Å². The largest absolute Gasteiger partial charge is 0.382 e. The topological polar surface area (TPSA) is 83.2 Å². The molecule has 0 bridgehead atoms. The Kier molecular flexibility index (Phi) is 5.03. The number of aromatic nitrogens is 1. The number of Topliss-reactive ketones (excluding diaryl/α,β-unsaturated/α-hetero) is 1. The highest BCUT2D eigenvalue weighted by molar-refractivity contribution is 7.90. The van der Waals surface area contributed by atoms with Crippen LogP contribution in [-0.4, -0.2) is 37.2 Å². The van der Waals surface area contributed by atoms with Crippen LogP contribution in [0.25, 0.3) is 10.9 Å². The van der Waals surface area contributed by atoms with E-state index in [2.05, 4.69) is 0 Å². The Morgan fingerprint density at radius 2 is 1.82 bits per heavy atom. The van der Waals surface area contributed by atoms with E-state index in [9.17, 15) is 22.9 Å². The SMILES string of the molecule is CN(C)C=C(C#N)C(=O)c1cc2c(F)cccc2n1S(=O)(=O)c1ccccc1. The molecule has 0 unspecified atom stereocenters. The van der Waals surface area contributed by atoms with Crippen LogP contribution in [0.2, 0.25) is 0 Å². The van der Waals surface area contributed by atoms with Gasteiger partial charge in [-0.2, -0.15) is 5.26 Å². The van der Waals surface area contributed by atoms with E-state index in [1.165, 1.54) is 41.4 Å². The number of nitriles is 1. The number of nitrogens with zero attached hydrogens (tertiary/aromatic N) is 3.